The van der Waals surface area contributed by atoms with Crippen LogP contribution in [0.15, 0.2) is 72.8 Å². The van der Waals surface area contributed by atoms with Crippen molar-refractivity contribution in [3.05, 3.63) is 78.4 Å². The molecular formula is C31H33NO3. The Balaban J connectivity index is 1.58. The predicted octanol–water partition coefficient (Wildman–Crippen LogP) is 6.97. The minimum absolute atomic E-state index is 0.709. The van der Waals surface area contributed by atoms with Crippen LogP contribution < -0.4 is 14.2 Å². The van der Waals surface area contributed by atoms with Crippen LogP contribution in [0.3, 0.4) is 0 Å². The Bertz CT molecular complexity index is 1310. The van der Waals surface area contributed by atoms with E-state index in [0.29, 0.717) is 6.61 Å². The van der Waals surface area contributed by atoms with Gasteiger partial charge in [0.25, 0.3) is 0 Å². The number of aryl methyl sites for hydroxylation is 1. The van der Waals surface area contributed by atoms with E-state index in [4.69, 9.17) is 14.2 Å². The van der Waals surface area contributed by atoms with Crippen LogP contribution in [-0.2, 0) is 0 Å². The van der Waals surface area contributed by atoms with Gasteiger partial charge in [0.1, 0.15) is 23.9 Å². The van der Waals surface area contributed by atoms with E-state index in [9.17, 15) is 0 Å². The fourth-order valence-electron chi connectivity index (χ4n) is 5.00. The highest BCUT2D eigenvalue weighted by atomic mass is 16.5. The van der Waals surface area contributed by atoms with Gasteiger partial charge in [-0.05, 0) is 108 Å². The average Bonchev–Trinajstić information content (AvgIpc) is 3.42. The van der Waals surface area contributed by atoms with E-state index in [1.165, 1.54) is 53.6 Å². The van der Waals surface area contributed by atoms with Gasteiger partial charge in [0.15, 0.2) is 0 Å². The van der Waals surface area contributed by atoms with Gasteiger partial charge in [-0.1, -0.05) is 36.4 Å². The van der Waals surface area contributed by atoms with Crippen LogP contribution in [0.25, 0.3) is 33.0 Å². The molecule has 0 spiro atoms. The van der Waals surface area contributed by atoms with E-state index in [1.54, 1.807) is 14.2 Å². The van der Waals surface area contributed by atoms with Gasteiger partial charge in [-0.3, -0.25) is 4.90 Å². The van der Waals surface area contributed by atoms with Crippen molar-refractivity contribution in [1.29, 1.82) is 0 Å². The summed E-state index contributed by atoms with van der Waals surface area (Å²) in [4.78, 5) is 2.48. The number of rotatable bonds is 8. The molecule has 0 aromatic heterocycles. The molecule has 1 fully saturated rings. The lowest BCUT2D eigenvalue weighted by atomic mass is 9.88. The van der Waals surface area contributed by atoms with Gasteiger partial charge in [-0.15, -0.1) is 0 Å². The molecule has 0 atom stereocenters. The summed E-state index contributed by atoms with van der Waals surface area (Å²) in [5.41, 5.74) is 5.94. The third-order valence-electron chi connectivity index (χ3n) is 6.98. The monoisotopic (exact) mass is 467 g/mol. The second kappa shape index (κ2) is 10.4. The lowest BCUT2D eigenvalue weighted by Crippen LogP contribution is -2.25. The first-order valence-corrected chi connectivity index (χ1v) is 12.4. The Morgan fingerprint density at radius 1 is 0.714 bits per heavy atom. The summed E-state index contributed by atoms with van der Waals surface area (Å²) in [6.45, 7) is 6.23. The fourth-order valence-corrected chi connectivity index (χ4v) is 5.00. The molecule has 1 aliphatic rings. The van der Waals surface area contributed by atoms with E-state index in [0.717, 1.165) is 34.7 Å². The van der Waals surface area contributed by atoms with Gasteiger partial charge in [0, 0.05) is 6.54 Å². The number of fused-ring (bicyclic) bond motifs is 1. The zero-order chi connectivity index (χ0) is 24.2. The zero-order valence-corrected chi connectivity index (χ0v) is 20.8. The van der Waals surface area contributed by atoms with Gasteiger partial charge in [-0.25, -0.2) is 0 Å². The van der Waals surface area contributed by atoms with E-state index in [1.807, 2.05) is 18.2 Å². The maximum absolute atomic E-state index is 6.23. The van der Waals surface area contributed by atoms with Crippen LogP contribution in [-0.4, -0.2) is 45.4 Å². The molecule has 4 heteroatoms. The van der Waals surface area contributed by atoms with Gasteiger partial charge < -0.3 is 14.2 Å². The van der Waals surface area contributed by atoms with Crippen LogP contribution in [0, 0.1) is 6.92 Å². The summed E-state index contributed by atoms with van der Waals surface area (Å²) in [6.07, 6.45) is 2.60. The van der Waals surface area contributed by atoms with E-state index >= 15 is 0 Å². The molecular weight excluding hydrogens is 434 g/mol. The molecule has 4 aromatic carbocycles. The second-order valence-electron chi connectivity index (χ2n) is 9.18. The molecule has 35 heavy (non-hydrogen) atoms. The fraction of sp³-hybridized carbons (Fsp3) is 0.290. The van der Waals surface area contributed by atoms with Crippen molar-refractivity contribution in [3.8, 4) is 39.5 Å². The van der Waals surface area contributed by atoms with Crippen molar-refractivity contribution in [3.63, 3.8) is 0 Å². The molecule has 0 unspecified atom stereocenters. The van der Waals surface area contributed by atoms with Gasteiger partial charge in [0.05, 0.1) is 14.2 Å². The standard InChI is InChI=1S/C31H33NO3/c1-22-6-10-27(35-19-18-32-16-4-5-17-32)21-30(22)31-28(23-7-11-25(33-2)12-8-23)14-9-24-20-26(34-3)13-15-29(24)31/h6-15,20-21H,4-5,16-19H2,1-3H3. The Morgan fingerprint density at radius 3 is 2.17 bits per heavy atom. The Hall–Kier alpha value is -3.50. The van der Waals surface area contributed by atoms with E-state index < -0.39 is 0 Å². The molecule has 0 saturated carbocycles. The number of hydrogen-bond donors (Lipinski definition) is 0. The topological polar surface area (TPSA) is 30.9 Å². The van der Waals surface area contributed by atoms with Crippen LogP contribution in [0.4, 0.5) is 0 Å². The number of nitrogens with zero attached hydrogens (tertiary/aromatic N) is 1. The molecule has 0 N–H and O–H groups in total. The molecule has 5 rings (SSSR count). The normalized spacial score (nSPS) is 13.8. The average molecular weight is 468 g/mol. The Kier molecular flexibility index (Phi) is 6.91. The smallest absolute Gasteiger partial charge is 0.120 e. The lowest BCUT2D eigenvalue weighted by Gasteiger charge is -2.19. The molecule has 0 radical (unpaired) electrons. The number of benzene rings is 4. The van der Waals surface area contributed by atoms with Crippen LogP contribution in [0.1, 0.15) is 18.4 Å². The summed E-state index contributed by atoms with van der Waals surface area (Å²) >= 11 is 0. The molecule has 1 heterocycles. The predicted molar refractivity (Wildman–Crippen MR) is 144 cm³/mol. The largest absolute Gasteiger partial charge is 0.497 e. The Labute approximate surface area is 208 Å². The van der Waals surface area contributed by atoms with Gasteiger partial charge in [0.2, 0.25) is 0 Å². The molecule has 1 saturated heterocycles. The molecule has 4 aromatic rings. The zero-order valence-electron chi connectivity index (χ0n) is 20.8. The van der Waals surface area contributed by atoms with E-state index in [-0.39, 0.29) is 0 Å². The second-order valence-corrected chi connectivity index (χ2v) is 9.18. The highest BCUT2D eigenvalue weighted by molar-refractivity contribution is 6.05. The molecule has 0 bridgehead atoms. The minimum Gasteiger partial charge on any atom is -0.497 e. The summed E-state index contributed by atoms with van der Waals surface area (Å²) < 4.78 is 17.1. The number of methoxy groups -OCH3 is 2. The minimum atomic E-state index is 0.709. The molecule has 0 aliphatic carbocycles. The number of likely N-dealkylation sites (tertiary alicyclic amines) is 1. The first-order valence-electron chi connectivity index (χ1n) is 12.4. The summed E-state index contributed by atoms with van der Waals surface area (Å²) in [5, 5.41) is 2.34. The number of hydrogen-bond acceptors (Lipinski definition) is 4. The first-order chi connectivity index (χ1) is 17.2. The highest BCUT2D eigenvalue weighted by Gasteiger charge is 2.16. The number of ether oxygens (including phenoxy) is 3. The van der Waals surface area contributed by atoms with Crippen LogP contribution >= 0.6 is 0 Å². The van der Waals surface area contributed by atoms with Crippen LogP contribution in [0.2, 0.25) is 0 Å². The van der Waals surface area contributed by atoms with Crippen LogP contribution in [0.5, 0.6) is 17.2 Å². The maximum Gasteiger partial charge on any atom is 0.120 e. The maximum atomic E-state index is 6.23. The summed E-state index contributed by atoms with van der Waals surface area (Å²) in [7, 11) is 3.41. The molecule has 0 amide bonds. The molecule has 180 valence electrons. The van der Waals surface area contributed by atoms with Gasteiger partial charge in [-0.2, -0.15) is 0 Å². The molecule has 4 nitrogen and oxygen atoms in total. The summed E-state index contributed by atoms with van der Waals surface area (Å²) in [5.74, 6) is 2.62. The first kappa shape index (κ1) is 23.3. The van der Waals surface area contributed by atoms with Crippen molar-refractivity contribution in [1.82, 2.24) is 4.90 Å². The van der Waals surface area contributed by atoms with Crippen molar-refractivity contribution in [2.75, 3.05) is 40.5 Å². The van der Waals surface area contributed by atoms with E-state index in [2.05, 4.69) is 66.4 Å². The third-order valence-corrected chi connectivity index (χ3v) is 6.98. The quantitative estimate of drug-likeness (QED) is 0.280. The third kappa shape index (κ3) is 4.98. The Morgan fingerprint density at radius 2 is 1.43 bits per heavy atom. The summed E-state index contributed by atoms with van der Waals surface area (Å²) in [6, 6.07) is 25.4. The van der Waals surface area contributed by atoms with Crippen molar-refractivity contribution >= 4 is 10.8 Å². The van der Waals surface area contributed by atoms with Crippen molar-refractivity contribution in [2.45, 2.75) is 19.8 Å². The van der Waals surface area contributed by atoms with Gasteiger partial charge >= 0.3 is 0 Å². The SMILES string of the molecule is COc1ccc(-c2ccc3cc(OC)ccc3c2-c2cc(OCCN3CCCC3)ccc2C)cc1. The lowest BCUT2D eigenvalue weighted by molar-refractivity contribution is 0.238. The highest BCUT2D eigenvalue weighted by Crippen LogP contribution is 2.42. The van der Waals surface area contributed by atoms with Crippen molar-refractivity contribution < 1.29 is 14.2 Å². The molecule has 1 aliphatic heterocycles. The van der Waals surface area contributed by atoms with Crippen molar-refractivity contribution in [2.24, 2.45) is 0 Å².